The van der Waals surface area contributed by atoms with Gasteiger partial charge in [0.05, 0.1) is 6.61 Å². The molecule has 0 heterocycles. The van der Waals surface area contributed by atoms with Gasteiger partial charge in [-0.1, -0.05) is 6.92 Å². The Labute approximate surface area is 75.1 Å². The Morgan fingerprint density at radius 2 is 2.25 bits per heavy atom. The summed E-state index contributed by atoms with van der Waals surface area (Å²) in [5.74, 6) is 0.552. The highest BCUT2D eigenvalue weighted by Gasteiger charge is 1.98. The second kappa shape index (κ2) is 8.97. The third kappa shape index (κ3) is 7.98. The normalized spacial score (nSPS) is 13.2. The fourth-order valence-electron chi connectivity index (χ4n) is 0.960. The molecule has 0 fully saturated rings. The Hall–Kier alpha value is -0.120. The zero-order valence-corrected chi connectivity index (χ0v) is 8.18. The number of hydrogen-bond acceptors (Lipinski definition) is 3. The maximum absolute atomic E-state index is 8.62. The molecule has 0 saturated heterocycles. The van der Waals surface area contributed by atoms with Gasteiger partial charge in [-0.25, -0.2) is 0 Å². The fourth-order valence-corrected chi connectivity index (χ4v) is 0.960. The Bertz CT molecular complexity index is 88.6. The molecular weight excluding hydrogens is 154 g/mol. The van der Waals surface area contributed by atoms with Crippen molar-refractivity contribution < 1.29 is 9.84 Å². The zero-order valence-electron chi connectivity index (χ0n) is 8.18. The second-order valence-corrected chi connectivity index (χ2v) is 3.02. The lowest BCUT2D eigenvalue weighted by molar-refractivity contribution is 0.148. The van der Waals surface area contributed by atoms with Gasteiger partial charge in [0, 0.05) is 19.8 Å². The van der Waals surface area contributed by atoms with Crippen LogP contribution in [-0.4, -0.2) is 38.0 Å². The minimum absolute atomic E-state index is 0.286. The van der Waals surface area contributed by atoms with Crippen LogP contribution < -0.4 is 5.32 Å². The maximum Gasteiger partial charge on any atom is 0.0590 e. The molecule has 3 heteroatoms. The zero-order chi connectivity index (χ0) is 9.23. The highest BCUT2D eigenvalue weighted by atomic mass is 16.5. The van der Waals surface area contributed by atoms with E-state index in [1.54, 1.807) is 0 Å². The van der Waals surface area contributed by atoms with Crippen LogP contribution in [0.25, 0.3) is 0 Å². The van der Waals surface area contributed by atoms with Crippen LogP contribution in [0.4, 0.5) is 0 Å². The first-order valence-electron chi connectivity index (χ1n) is 4.70. The Morgan fingerprint density at radius 1 is 1.50 bits per heavy atom. The van der Waals surface area contributed by atoms with E-state index in [0.29, 0.717) is 5.92 Å². The summed E-state index contributed by atoms with van der Waals surface area (Å²) in [6.07, 6.45) is 0.877. The van der Waals surface area contributed by atoms with Gasteiger partial charge in [0.1, 0.15) is 0 Å². The minimum Gasteiger partial charge on any atom is -0.396 e. The molecule has 0 amide bonds. The van der Waals surface area contributed by atoms with Crippen molar-refractivity contribution in [3.8, 4) is 0 Å². The van der Waals surface area contributed by atoms with Crippen molar-refractivity contribution >= 4 is 0 Å². The summed E-state index contributed by atoms with van der Waals surface area (Å²) in [6, 6.07) is 0. The summed E-state index contributed by atoms with van der Waals surface area (Å²) in [7, 11) is 0. The summed E-state index contributed by atoms with van der Waals surface area (Å²) < 4.78 is 5.16. The van der Waals surface area contributed by atoms with Crippen molar-refractivity contribution in [1.82, 2.24) is 5.32 Å². The standard InChI is InChI=1S/C9H21NO2/c1-3-12-7-5-10-8-9(2)4-6-11/h9-11H,3-8H2,1-2H3. The van der Waals surface area contributed by atoms with Crippen molar-refractivity contribution in [3.63, 3.8) is 0 Å². The number of nitrogens with one attached hydrogen (secondary N) is 1. The third-order valence-electron chi connectivity index (χ3n) is 1.74. The first kappa shape index (κ1) is 11.9. The molecule has 3 nitrogen and oxygen atoms in total. The van der Waals surface area contributed by atoms with Crippen molar-refractivity contribution in [2.75, 3.05) is 32.9 Å². The van der Waals surface area contributed by atoms with Gasteiger partial charge in [-0.05, 0) is 25.8 Å². The van der Waals surface area contributed by atoms with Gasteiger partial charge in [0.25, 0.3) is 0 Å². The molecule has 0 aromatic rings. The van der Waals surface area contributed by atoms with Gasteiger partial charge < -0.3 is 15.2 Å². The first-order chi connectivity index (χ1) is 5.81. The number of aliphatic hydroxyl groups excluding tert-OH is 1. The molecule has 2 N–H and O–H groups in total. The SMILES string of the molecule is CCOCCNCC(C)CCO. The van der Waals surface area contributed by atoms with Gasteiger partial charge in [0.15, 0.2) is 0 Å². The highest BCUT2D eigenvalue weighted by Crippen LogP contribution is 1.97. The van der Waals surface area contributed by atoms with Crippen LogP contribution in [0, 0.1) is 5.92 Å². The molecule has 0 aliphatic rings. The monoisotopic (exact) mass is 175 g/mol. The molecular formula is C9H21NO2. The quantitative estimate of drug-likeness (QED) is 0.532. The van der Waals surface area contributed by atoms with Gasteiger partial charge >= 0.3 is 0 Å². The topological polar surface area (TPSA) is 41.5 Å². The van der Waals surface area contributed by atoms with E-state index in [9.17, 15) is 0 Å². The van der Waals surface area contributed by atoms with Crippen molar-refractivity contribution in [1.29, 1.82) is 0 Å². The molecule has 0 spiro atoms. The summed E-state index contributed by atoms with van der Waals surface area (Å²) in [5.41, 5.74) is 0. The van der Waals surface area contributed by atoms with Crippen LogP contribution in [0.1, 0.15) is 20.3 Å². The predicted molar refractivity (Wildman–Crippen MR) is 50.2 cm³/mol. The fraction of sp³-hybridized carbons (Fsp3) is 1.00. The predicted octanol–water partition coefficient (Wildman–Crippen LogP) is 0.631. The van der Waals surface area contributed by atoms with Crippen molar-refractivity contribution in [2.24, 2.45) is 5.92 Å². The number of hydrogen-bond donors (Lipinski definition) is 2. The maximum atomic E-state index is 8.62. The average Bonchev–Trinajstić information content (AvgIpc) is 2.05. The Balaban J connectivity index is 2.97. The molecule has 0 radical (unpaired) electrons. The molecule has 0 rings (SSSR count). The Kier molecular flexibility index (Phi) is 8.88. The van der Waals surface area contributed by atoms with Crippen LogP contribution in [0.3, 0.4) is 0 Å². The van der Waals surface area contributed by atoms with E-state index in [0.717, 1.165) is 32.7 Å². The molecule has 0 aliphatic heterocycles. The molecule has 1 atom stereocenters. The van der Waals surface area contributed by atoms with E-state index in [4.69, 9.17) is 9.84 Å². The summed E-state index contributed by atoms with van der Waals surface area (Å²) in [4.78, 5) is 0. The van der Waals surface area contributed by atoms with Gasteiger partial charge in [-0.3, -0.25) is 0 Å². The average molecular weight is 175 g/mol. The minimum atomic E-state index is 0.286. The van der Waals surface area contributed by atoms with E-state index < -0.39 is 0 Å². The first-order valence-corrected chi connectivity index (χ1v) is 4.70. The number of rotatable bonds is 8. The van der Waals surface area contributed by atoms with Crippen molar-refractivity contribution in [2.45, 2.75) is 20.3 Å². The van der Waals surface area contributed by atoms with E-state index in [1.165, 1.54) is 0 Å². The Morgan fingerprint density at radius 3 is 2.83 bits per heavy atom. The lowest BCUT2D eigenvalue weighted by Gasteiger charge is -2.10. The summed E-state index contributed by atoms with van der Waals surface area (Å²) in [5, 5.41) is 11.9. The van der Waals surface area contributed by atoms with Crippen LogP contribution in [0.2, 0.25) is 0 Å². The van der Waals surface area contributed by atoms with Crippen LogP contribution in [-0.2, 0) is 4.74 Å². The molecule has 0 bridgehead atoms. The molecule has 0 aromatic carbocycles. The van der Waals surface area contributed by atoms with E-state index >= 15 is 0 Å². The molecule has 0 aromatic heterocycles. The lowest BCUT2D eigenvalue weighted by Crippen LogP contribution is -2.25. The van der Waals surface area contributed by atoms with Gasteiger partial charge in [0.2, 0.25) is 0 Å². The van der Waals surface area contributed by atoms with E-state index in [1.807, 2.05) is 6.92 Å². The third-order valence-corrected chi connectivity index (χ3v) is 1.74. The van der Waals surface area contributed by atoms with Gasteiger partial charge in [-0.2, -0.15) is 0 Å². The van der Waals surface area contributed by atoms with E-state index in [2.05, 4.69) is 12.2 Å². The molecule has 0 saturated carbocycles. The molecule has 74 valence electrons. The largest absolute Gasteiger partial charge is 0.396 e. The van der Waals surface area contributed by atoms with Crippen LogP contribution in [0.5, 0.6) is 0 Å². The lowest BCUT2D eigenvalue weighted by atomic mass is 10.1. The summed E-state index contributed by atoms with van der Waals surface area (Å²) >= 11 is 0. The summed E-state index contributed by atoms with van der Waals surface area (Å²) in [6.45, 7) is 7.85. The molecule has 0 aliphatic carbocycles. The van der Waals surface area contributed by atoms with Crippen LogP contribution >= 0.6 is 0 Å². The van der Waals surface area contributed by atoms with Gasteiger partial charge in [-0.15, -0.1) is 0 Å². The molecule has 12 heavy (non-hydrogen) atoms. The number of ether oxygens (including phenoxy) is 1. The highest BCUT2D eigenvalue weighted by molar-refractivity contribution is 4.55. The second-order valence-electron chi connectivity index (χ2n) is 3.02. The van der Waals surface area contributed by atoms with E-state index in [-0.39, 0.29) is 6.61 Å². The molecule has 1 unspecified atom stereocenters. The van der Waals surface area contributed by atoms with Crippen LogP contribution in [0.15, 0.2) is 0 Å². The number of aliphatic hydroxyl groups is 1. The smallest absolute Gasteiger partial charge is 0.0590 e. The van der Waals surface area contributed by atoms with Crippen molar-refractivity contribution in [3.05, 3.63) is 0 Å².